The molecule has 0 bridgehead atoms. The number of hydrogen-bond donors (Lipinski definition) is 1. The van der Waals surface area contributed by atoms with Gasteiger partial charge in [-0.05, 0) is 0 Å². The van der Waals surface area contributed by atoms with E-state index in [1.54, 1.807) is 0 Å². The van der Waals surface area contributed by atoms with Gasteiger partial charge in [-0.3, -0.25) is 4.79 Å². The molecule has 1 atom stereocenters. The molecule has 0 radical (unpaired) electrons. The van der Waals surface area contributed by atoms with Crippen LogP contribution in [0.3, 0.4) is 0 Å². The zero-order chi connectivity index (χ0) is 9.78. The molecule has 8 heteroatoms. The minimum Gasteiger partial charge on any atom is -0.725 e. The summed E-state index contributed by atoms with van der Waals surface area (Å²) in [5.41, 5.74) is 0. The van der Waals surface area contributed by atoms with Crippen molar-refractivity contribution in [1.82, 2.24) is 0 Å². The van der Waals surface area contributed by atoms with Gasteiger partial charge in [0.1, 0.15) is 0 Å². The third-order valence-corrected chi connectivity index (χ3v) is 2.56. The Hall–Kier alpha value is -0.310. The Morgan fingerprint density at radius 2 is 2.25 bits per heavy atom. The Kier molecular flexibility index (Phi) is 4.53. The van der Waals surface area contributed by atoms with Crippen LogP contribution < -0.4 is 0 Å². The van der Waals surface area contributed by atoms with Crippen LogP contribution in [0.4, 0.5) is 0 Å². The first-order valence-corrected chi connectivity index (χ1v) is 5.07. The number of carboxylic acids is 1. The van der Waals surface area contributed by atoms with Gasteiger partial charge < -0.3 is 9.66 Å². The molecule has 6 nitrogen and oxygen atoms in total. The molecule has 0 aliphatic carbocycles. The van der Waals surface area contributed by atoms with E-state index in [-0.39, 0.29) is 5.75 Å². The van der Waals surface area contributed by atoms with Crippen LogP contribution in [0.25, 0.3) is 0 Å². The summed E-state index contributed by atoms with van der Waals surface area (Å²) in [4.78, 5) is 10.2. The van der Waals surface area contributed by atoms with Gasteiger partial charge in [0.05, 0.1) is 5.92 Å². The van der Waals surface area contributed by atoms with Crippen LogP contribution in [-0.2, 0) is 18.8 Å². The smallest absolute Gasteiger partial charge is 0.307 e. The lowest BCUT2D eigenvalue weighted by Gasteiger charge is -2.07. The largest absolute Gasteiger partial charge is 0.725 e. The predicted octanol–water partition coefficient (Wildman–Crippen LogP) is -0.168. The van der Waals surface area contributed by atoms with E-state index >= 15 is 0 Å². The van der Waals surface area contributed by atoms with Crippen molar-refractivity contribution in [1.29, 1.82) is 0 Å². The molecule has 0 fully saturated rings. The standard InChI is InChI=1S/C4H8O6S2/c1-3(4(5)6)2-11-10-12(7,8)9/h3H,2H2,1H3,(H,5,6)(H,7,8,9)/p-1. The first kappa shape index (κ1) is 11.7. The van der Waals surface area contributed by atoms with Crippen molar-refractivity contribution >= 4 is 28.4 Å². The fourth-order valence-electron chi connectivity index (χ4n) is 0.260. The minimum absolute atomic E-state index is 0.0865. The summed E-state index contributed by atoms with van der Waals surface area (Å²) in [6.07, 6.45) is 0. The van der Waals surface area contributed by atoms with Crippen LogP contribution in [-0.4, -0.2) is 29.8 Å². The summed E-state index contributed by atoms with van der Waals surface area (Å²) in [5, 5.41) is 8.31. The van der Waals surface area contributed by atoms with Crippen LogP contribution in [0.2, 0.25) is 0 Å². The van der Waals surface area contributed by atoms with E-state index in [1.165, 1.54) is 6.92 Å². The van der Waals surface area contributed by atoms with E-state index < -0.39 is 22.3 Å². The molecule has 0 aromatic heterocycles. The number of hydrogen-bond acceptors (Lipinski definition) is 6. The van der Waals surface area contributed by atoms with Crippen LogP contribution >= 0.6 is 12.0 Å². The Balaban J connectivity index is 3.65. The fraction of sp³-hybridized carbons (Fsp3) is 0.750. The maximum Gasteiger partial charge on any atom is 0.307 e. The Bertz CT molecular complexity index is 244. The third kappa shape index (κ3) is 6.40. The van der Waals surface area contributed by atoms with Gasteiger partial charge in [0, 0.05) is 17.8 Å². The normalized spacial score (nSPS) is 14.2. The second-order valence-electron chi connectivity index (χ2n) is 2.00. The molecule has 0 saturated heterocycles. The maximum absolute atomic E-state index is 10.2. The van der Waals surface area contributed by atoms with Crippen molar-refractivity contribution in [2.24, 2.45) is 5.92 Å². The van der Waals surface area contributed by atoms with Gasteiger partial charge in [0.25, 0.3) is 0 Å². The fourth-order valence-corrected chi connectivity index (χ4v) is 1.30. The van der Waals surface area contributed by atoms with Crippen molar-refractivity contribution in [2.75, 3.05) is 5.75 Å². The molecule has 0 spiro atoms. The van der Waals surface area contributed by atoms with Crippen LogP contribution in [0, 0.1) is 5.92 Å². The SMILES string of the molecule is CC(CSOS(=O)(=O)[O-])C(=O)O. The highest BCUT2D eigenvalue weighted by molar-refractivity contribution is 8.02. The topological polar surface area (TPSA) is 104 Å². The Morgan fingerprint density at radius 1 is 1.75 bits per heavy atom. The lowest BCUT2D eigenvalue weighted by molar-refractivity contribution is -0.140. The van der Waals surface area contributed by atoms with Gasteiger partial charge in [0.2, 0.25) is 10.4 Å². The van der Waals surface area contributed by atoms with E-state index in [1.807, 2.05) is 0 Å². The molecule has 0 amide bonds. The molecule has 0 rings (SSSR count). The van der Waals surface area contributed by atoms with Gasteiger partial charge in [-0.25, -0.2) is 12.0 Å². The van der Waals surface area contributed by atoms with Gasteiger partial charge in [0.15, 0.2) is 0 Å². The van der Waals surface area contributed by atoms with Crippen molar-refractivity contribution in [3.63, 3.8) is 0 Å². The van der Waals surface area contributed by atoms with E-state index in [0.29, 0.717) is 12.0 Å². The zero-order valence-corrected chi connectivity index (χ0v) is 7.72. The molecule has 0 saturated carbocycles. The minimum atomic E-state index is -4.73. The number of aliphatic carboxylic acids is 1. The van der Waals surface area contributed by atoms with Crippen molar-refractivity contribution in [3.8, 4) is 0 Å². The van der Waals surface area contributed by atoms with Gasteiger partial charge in [-0.15, -0.1) is 0 Å². The predicted molar refractivity (Wildman–Crippen MR) is 40.0 cm³/mol. The van der Waals surface area contributed by atoms with Crippen molar-refractivity contribution in [2.45, 2.75) is 6.92 Å². The Labute approximate surface area is 74.1 Å². The van der Waals surface area contributed by atoms with Crippen LogP contribution in [0.15, 0.2) is 0 Å². The average Bonchev–Trinajstić information content (AvgIpc) is 1.84. The van der Waals surface area contributed by atoms with Gasteiger partial charge in [-0.1, -0.05) is 6.92 Å². The number of carboxylic acid groups (broad SMARTS) is 1. The highest BCUT2D eigenvalue weighted by Gasteiger charge is 2.11. The second kappa shape index (κ2) is 4.65. The zero-order valence-electron chi connectivity index (χ0n) is 6.09. The first-order valence-electron chi connectivity index (χ1n) is 2.82. The molecule has 0 aromatic carbocycles. The molecule has 0 heterocycles. The lowest BCUT2D eigenvalue weighted by atomic mass is 10.2. The molecule has 1 unspecified atom stereocenters. The van der Waals surface area contributed by atoms with Gasteiger partial charge in [-0.2, -0.15) is 0 Å². The molecule has 0 aromatic rings. The second-order valence-corrected chi connectivity index (χ2v) is 3.93. The van der Waals surface area contributed by atoms with Crippen LogP contribution in [0.1, 0.15) is 6.92 Å². The summed E-state index contributed by atoms with van der Waals surface area (Å²) < 4.78 is 33.2. The molecule has 1 N–H and O–H groups in total. The highest BCUT2D eigenvalue weighted by atomic mass is 32.3. The van der Waals surface area contributed by atoms with E-state index in [4.69, 9.17) is 5.11 Å². The maximum atomic E-state index is 10.2. The summed E-state index contributed by atoms with van der Waals surface area (Å²) in [5.74, 6) is -1.91. The monoisotopic (exact) mass is 215 g/mol. The molecule has 0 aliphatic heterocycles. The number of rotatable bonds is 5. The van der Waals surface area contributed by atoms with E-state index in [0.717, 1.165) is 0 Å². The molecule has 72 valence electrons. The van der Waals surface area contributed by atoms with Crippen molar-refractivity contribution < 1.29 is 26.5 Å². The van der Waals surface area contributed by atoms with E-state index in [2.05, 4.69) is 3.63 Å². The van der Waals surface area contributed by atoms with Gasteiger partial charge >= 0.3 is 5.97 Å². The molecule has 12 heavy (non-hydrogen) atoms. The van der Waals surface area contributed by atoms with Crippen molar-refractivity contribution in [3.05, 3.63) is 0 Å². The summed E-state index contributed by atoms with van der Waals surface area (Å²) >= 11 is 0.315. The average molecular weight is 215 g/mol. The highest BCUT2D eigenvalue weighted by Crippen LogP contribution is 2.11. The lowest BCUT2D eigenvalue weighted by Crippen LogP contribution is -2.12. The first-order chi connectivity index (χ1) is 5.33. The van der Waals surface area contributed by atoms with E-state index in [9.17, 15) is 17.8 Å². The summed E-state index contributed by atoms with van der Waals surface area (Å²) in [6.45, 7) is 1.37. The quantitative estimate of drug-likeness (QED) is 0.385. The number of carbonyl (C=O) groups is 1. The van der Waals surface area contributed by atoms with Crippen LogP contribution in [0.5, 0.6) is 0 Å². The molecular weight excluding hydrogens is 208 g/mol. The summed E-state index contributed by atoms with van der Waals surface area (Å²) in [6, 6.07) is 0. The summed E-state index contributed by atoms with van der Waals surface area (Å²) in [7, 11) is -4.73. The molecular formula is C4H7O6S2-. The Morgan fingerprint density at radius 3 is 2.58 bits per heavy atom. The third-order valence-electron chi connectivity index (χ3n) is 0.871. The molecule has 0 aliphatic rings.